The molecule has 0 aliphatic heterocycles. The monoisotopic (exact) mass is 542 g/mol. The molecule has 0 fully saturated rings. The highest BCUT2D eigenvalue weighted by Gasteiger charge is 2.14. The van der Waals surface area contributed by atoms with Crippen molar-refractivity contribution in [2.24, 2.45) is 0 Å². The van der Waals surface area contributed by atoms with Gasteiger partial charge in [-0.05, 0) is 91.2 Å². The zero-order chi connectivity index (χ0) is 24.1. The van der Waals surface area contributed by atoms with Gasteiger partial charge in [0.15, 0.2) is 11.5 Å². The smallest absolute Gasteiger partial charge is 0.175 e. The Balaban J connectivity index is 1.88. The van der Waals surface area contributed by atoms with E-state index in [1.165, 1.54) is 44.8 Å². The Bertz CT molecular complexity index is 825. The van der Waals surface area contributed by atoms with Gasteiger partial charge in [-0.2, -0.15) is 0 Å². The molecule has 0 spiro atoms. The van der Waals surface area contributed by atoms with Crippen LogP contribution in [-0.2, 0) is 13.2 Å². The third-order valence-electron chi connectivity index (χ3n) is 5.52. The molecule has 2 aromatic carbocycles. The maximum Gasteiger partial charge on any atom is 0.175 e. The minimum absolute atomic E-state index is 0.0185. The molecule has 4 nitrogen and oxygen atoms in total. The van der Waals surface area contributed by atoms with Crippen molar-refractivity contribution >= 4 is 27.5 Å². The summed E-state index contributed by atoms with van der Waals surface area (Å²) < 4.78 is 26.2. The number of unbranched alkanes of at least 4 members (excludes halogenated alkanes) is 2. The van der Waals surface area contributed by atoms with Crippen molar-refractivity contribution < 1.29 is 13.9 Å². The van der Waals surface area contributed by atoms with E-state index >= 15 is 0 Å². The molecule has 0 heterocycles. The van der Waals surface area contributed by atoms with Gasteiger partial charge in [0.05, 0.1) is 16.6 Å². The number of ether oxygens (including phenoxy) is 2. The predicted molar refractivity (Wildman–Crippen MR) is 139 cm³/mol. The second-order valence-electron chi connectivity index (χ2n) is 8.18. The molecule has 0 unspecified atom stereocenters. The fourth-order valence-corrected chi connectivity index (χ4v) is 4.41. The minimum Gasteiger partial charge on any atom is -0.493 e. The van der Waals surface area contributed by atoms with E-state index in [1.54, 1.807) is 19.2 Å². The van der Waals surface area contributed by atoms with Crippen LogP contribution < -0.4 is 14.8 Å². The van der Waals surface area contributed by atoms with Gasteiger partial charge in [0.1, 0.15) is 12.4 Å². The van der Waals surface area contributed by atoms with Crippen LogP contribution in [0.1, 0.15) is 57.1 Å². The van der Waals surface area contributed by atoms with E-state index in [-0.39, 0.29) is 12.4 Å². The molecule has 0 atom stereocenters. The quantitative estimate of drug-likeness (QED) is 0.227. The Hall–Kier alpha value is -1.34. The number of halogens is 3. The fraction of sp³-hybridized carbons (Fsp3) is 0.538. The van der Waals surface area contributed by atoms with Crippen molar-refractivity contribution in [1.82, 2.24) is 10.2 Å². The van der Waals surface area contributed by atoms with Gasteiger partial charge in [-0.15, -0.1) is 0 Å². The average Bonchev–Trinajstić information content (AvgIpc) is 2.80. The van der Waals surface area contributed by atoms with E-state index in [4.69, 9.17) is 21.1 Å². The highest BCUT2D eigenvalue weighted by atomic mass is 79.9. The Morgan fingerprint density at radius 2 is 1.76 bits per heavy atom. The van der Waals surface area contributed by atoms with E-state index in [1.807, 2.05) is 12.1 Å². The second-order valence-corrected chi connectivity index (χ2v) is 9.44. The summed E-state index contributed by atoms with van der Waals surface area (Å²) >= 11 is 9.69. The molecule has 2 aromatic rings. The number of nitrogens with zero attached hydrogens (tertiary/aromatic N) is 1. The highest BCUT2D eigenvalue weighted by molar-refractivity contribution is 9.10. The van der Waals surface area contributed by atoms with Gasteiger partial charge < -0.3 is 19.7 Å². The van der Waals surface area contributed by atoms with Crippen molar-refractivity contribution in [3.8, 4) is 11.5 Å². The van der Waals surface area contributed by atoms with Crippen LogP contribution in [0.5, 0.6) is 11.5 Å². The van der Waals surface area contributed by atoms with Gasteiger partial charge >= 0.3 is 0 Å². The summed E-state index contributed by atoms with van der Waals surface area (Å²) in [6.07, 6.45) is 6.14. The summed E-state index contributed by atoms with van der Waals surface area (Å²) in [7, 11) is 1.60. The zero-order valence-electron chi connectivity index (χ0n) is 20.1. The fourth-order valence-electron chi connectivity index (χ4n) is 3.59. The number of nitrogens with one attached hydrogen (secondary N) is 1. The van der Waals surface area contributed by atoms with Gasteiger partial charge in [0, 0.05) is 12.1 Å². The lowest BCUT2D eigenvalue weighted by Crippen LogP contribution is -2.29. The van der Waals surface area contributed by atoms with Crippen LogP contribution in [0.2, 0.25) is 5.02 Å². The first-order valence-corrected chi connectivity index (χ1v) is 13.0. The minimum atomic E-state index is -0.388. The lowest BCUT2D eigenvalue weighted by atomic mass is 10.2. The molecule has 0 aliphatic rings. The van der Waals surface area contributed by atoms with E-state index < -0.39 is 0 Å². The lowest BCUT2D eigenvalue weighted by Gasteiger charge is -2.22. The van der Waals surface area contributed by atoms with Crippen molar-refractivity contribution in [3.63, 3.8) is 0 Å². The Kier molecular flexibility index (Phi) is 13.1. The second kappa shape index (κ2) is 15.5. The molecule has 0 radical (unpaired) electrons. The van der Waals surface area contributed by atoms with E-state index in [0.717, 1.165) is 36.1 Å². The van der Waals surface area contributed by atoms with Crippen molar-refractivity contribution in [3.05, 3.63) is 56.8 Å². The third-order valence-corrected chi connectivity index (χ3v) is 6.47. The van der Waals surface area contributed by atoms with Crippen LogP contribution >= 0.6 is 27.5 Å². The molecule has 2 rings (SSSR count). The maximum atomic E-state index is 14.1. The molecule has 184 valence electrons. The SMILES string of the molecule is CCCCN(CCCC)CCCNCc1cc(Br)c(OCc2c(F)cccc2Cl)c(OC)c1. The van der Waals surface area contributed by atoms with Crippen LogP contribution in [0.25, 0.3) is 0 Å². The molecule has 0 aromatic heterocycles. The molecular formula is C26H37BrClFN2O2. The zero-order valence-corrected chi connectivity index (χ0v) is 22.4. The standard InChI is InChI=1S/C26H37BrClFN2O2/c1-4-6-13-31(14-7-5-2)15-9-12-30-18-20-16-22(27)26(25(17-20)32-3)33-19-21-23(28)10-8-11-24(21)29/h8,10-11,16-17,30H,4-7,9,12-15,18-19H2,1-3H3. The molecule has 0 amide bonds. The summed E-state index contributed by atoms with van der Waals surface area (Å²) in [6.45, 7) is 9.72. The summed E-state index contributed by atoms with van der Waals surface area (Å²) in [6, 6.07) is 8.55. The van der Waals surface area contributed by atoms with Crippen LogP contribution in [0.3, 0.4) is 0 Å². The topological polar surface area (TPSA) is 33.7 Å². The van der Waals surface area contributed by atoms with E-state index in [2.05, 4.69) is 40.0 Å². The van der Waals surface area contributed by atoms with E-state index in [9.17, 15) is 4.39 Å². The number of methoxy groups -OCH3 is 1. The molecule has 0 aliphatic carbocycles. The van der Waals surface area contributed by atoms with Gasteiger partial charge in [-0.1, -0.05) is 44.4 Å². The molecule has 0 bridgehead atoms. The van der Waals surface area contributed by atoms with Crippen molar-refractivity contribution in [1.29, 1.82) is 0 Å². The molecule has 1 N–H and O–H groups in total. The molecule has 7 heteroatoms. The maximum absolute atomic E-state index is 14.1. The molecule has 33 heavy (non-hydrogen) atoms. The molecular weight excluding hydrogens is 507 g/mol. The highest BCUT2D eigenvalue weighted by Crippen LogP contribution is 2.37. The Morgan fingerprint density at radius 1 is 1.06 bits per heavy atom. The van der Waals surface area contributed by atoms with Gasteiger partial charge in [-0.3, -0.25) is 0 Å². The summed E-state index contributed by atoms with van der Waals surface area (Å²) in [5.41, 5.74) is 1.41. The average molecular weight is 544 g/mol. The number of hydrogen-bond donors (Lipinski definition) is 1. The van der Waals surface area contributed by atoms with Gasteiger partial charge in [-0.25, -0.2) is 4.39 Å². The van der Waals surface area contributed by atoms with Gasteiger partial charge in [0.2, 0.25) is 0 Å². The molecule has 0 saturated carbocycles. The summed E-state index contributed by atoms with van der Waals surface area (Å²) in [5.74, 6) is 0.739. The van der Waals surface area contributed by atoms with Crippen molar-refractivity contribution in [2.75, 3.05) is 33.3 Å². The summed E-state index contributed by atoms with van der Waals surface area (Å²) in [5, 5.41) is 3.87. The largest absolute Gasteiger partial charge is 0.493 e. The number of benzene rings is 2. The Labute approximate surface area is 211 Å². The number of hydrogen-bond acceptors (Lipinski definition) is 4. The first-order chi connectivity index (χ1) is 16.0. The van der Waals surface area contributed by atoms with E-state index in [0.29, 0.717) is 22.1 Å². The predicted octanol–water partition coefficient (Wildman–Crippen LogP) is 7.21. The normalized spacial score (nSPS) is 11.2. The Morgan fingerprint density at radius 3 is 2.39 bits per heavy atom. The van der Waals surface area contributed by atoms with Crippen LogP contribution in [0, 0.1) is 5.82 Å². The first-order valence-electron chi connectivity index (χ1n) is 11.8. The summed E-state index contributed by atoms with van der Waals surface area (Å²) in [4.78, 5) is 2.59. The first kappa shape index (κ1) is 27.9. The number of rotatable bonds is 16. The van der Waals surface area contributed by atoms with Crippen molar-refractivity contribution in [2.45, 2.75) is 59.1 Å². The van der Waals surface area contributed by atoms with Crippen LogP contribution in [-0.4, -0.2) is 38.2 Å². The van der Waals surface area contributed by atoms with Gasteiger partial charge in [0.25, 0.3) is 0 Å². The van der Waals surface area contributed by atoms with Crippen LogP contribution in [0.15, 0.2) is 34.8 Å². The van der Waals surface area contributed by atoms with Crippen LogP contribution in [0.4, 0.5) is 4.39 Å². The third kappa shape index (κ3) is 9.44. The molecule has 0 saturated heterocycles. The lowest BCUT2D eigenvalue weighted by molar-refractivity contribution is 0.261.